The van der Waals surface area contributed by atoms with Gasteiger partial charge in [0.25, 0.3) is 0 Å². The highest BCUT2D eigenvalue weighted by Crippen LogP contribution is 1.97. The highest BCUT2D eigenvalue weighted by Gasteiger charge is 2.21. The minimum atomic E-state index is -1.09. The third-order valence-corrected chi connectivity index (χ3v) is 2.42. The van der Waals surface area contributed by atoms with Crippen molar-refractivity contribution in [3.05, 3.63) is 12.7 Å². The predicted octanol–water partition coefficient (Wildman–Crippen LogP) is 0.320. The molecule has 7 nitrogen and oxygen atoms in total. The molecule has 0 heterocycles. The van der Waals surface area contributed by atoms with Crippen LogP contribution in [0.4, 0.5) is 4.79 Å². The molecule has 110 valence electrons. The molecule has 0 aromatic rings. The average molecular weight is 274 g/mol. The van der Waals surface area contributed by atoms with E-state index in [1.807, 2.05) is 0 Å². The maximum atomic E-state index is 12.0. The summed E-state index contributed by atoms with van der Waals surface area (Å²) in [5, 5.41) is 11.4. The van der Waals surface area contributed by atoms with Crippen LogP contribution in [-0.4, -0.2) is 68.6 Å². The molecule has 1 atom stereocenters. The number of carboxylic acid groups (broad SMARTS) is 1. The van der Waals surface area contributed by atoms with Gasteiger partial charge in [0.1, 0.15) is 6.04 Å². The molecule has 0 aromatic carbocycles. The standard InChI is InChI=1S/C12H22N2O5/c1-4-5-10(11(15)16)13-12(17)14(6-8-18-2)7-9-19-3/h4,10H,1,5-9H2,2-3H3,(H,13,17)(H,15,16). The van der Waals surface area contributed by atoms with Gasteiger partial charge < -0.3 is 24.8 Å². The van der Waals surface area contributed by atoms with E-state index in [1.165, 1.54) is 25.2 Å². The van der Waals surface area contributed by atoms with E-state index >= 15 is 0 Å². The lowest BCUT2D eigenvalue weighted by Crippen LogP contribution is -2.49. The molecule has 0 fully saturated rings. The van der Waals surface area contributed by atoms with Crippen molar-refractivity contribution in [1.29, 1.82) is 0 Å². The van der Waals surface area contributed by atoms with Crippen LogP contribution in [-0.2, 0) is 14.3 Å². The summed E-state index contributed by atoms with van der Waals surface area (Å²) < 4.78 is 9.81. The third kappa shape index (κ3) is 7.43. The Bertz CT molecular complexity index is 288. The molecule has 19 heavy (non-hydrogen) atoms. The van der Waals surface area contributed by atoms with E-state index in [0.717, 1.165) is 0 Å². The Morgan fingerprint density at radius 2 is 1.84 bits per heavy atom. The average Bonchev–Trinajstić information content (AvgIpc) is 2.38. The zero-order valence-electron chi connectivity index (χ0n) is 11.4. The Labute approximate surface area is 113 Å². The van der Waals surface area contributed by atoms with Gasteiger partial charge in [-0.1, -0.05) is 6.08 Å². The van der Waals surface area contributed by atoms with Crippen molar-refractivity contribution in [2.45, 2.75) is 12.5 Å². The second kappa shape index (κ2) is 10.3. The molecule has 2 amide bonds. The van der Waals surface area contributed by atoms with Gasteiger partial charge >= 0.3 is 12.0 Å². The maximum absolute atomic E-state index is 12.0. The predicted molar refractivity (Wildman–Crippen MR) is 70.1 cm³/mol. The molecule has 2 N–H and O–H groups in total. The van der Waals surface area contributed by atoms with Crippen LogP contribution in [0.25, 0.3) is 0 Å². The highest BCUT2D eigenvalue weighted by molar-refractivity contribution is 5.82. The SMILES string of the molecule is C=CCC(NC(=O)N(CCOC)CCOC)C(=O)O. The lowest BCUT2D eigenvalue weighted by Gasteiger charge is -2.24. The Kier molecular flexibility index (Phi) is 9.46. The number of hydrogen-bond acceptors (Lipinski definition) is 4. The number of carbonyl (C=O) groups excluding carboxylic acids is 1. The summed E-state index contributed by atoms with van der Waals surface area (Å²) in [6, 6.07) is -1.43. The number of aliphatic carboxylic acids is 1. The van der Waals surface area contributed by atoms with Gasteiger partial charge in [0.2, 0.25) is 0 Å². The van der Waals surface area contributed by atoms with Crippen LogP contribution in [0.3, 0.4) is 0 Å². The Hall–Kier alpha value is -1.60. The Morgan fingerprint density at radius 3 is 2.21 bits per heavy atom. The number of carbonyl (C=O) groups is 2. The first kappa shape index (κ1) is 17.4. The molecule has 0 aliphatic rings. The first-order valence-corrected chi connectivity index (χ1v) is 5.93. The van der Waals surface area contributed by atoms with Crippen LogP contribution in [0.5, 0.6) is 0 Å². The number of urea groups is 1. The van der Waals surface area contributed by atoms with E-state index in [1.54, 1.807) is 0 Å². The number of carboxylic acids is 1. The molecule has 0 saturated carbocycles. The summed E-state index contributed by atoms with van der Waals surface area (Å²) in [5.41, 5.74) is 0. The van der Waals surface area contributed by atoms with Crippen LogP contribution in [0.2, 0.25) is 0 Å². The molecule has 1 unspecified atom stereocenters. The normalized spacial score (nSPS) is 11.7. The minimum Gasteiger partial charge on any atom is -0.480 e. The van der Waals surface area contributed by atoms with Gasteiger partial charge in [-0.3, -0.25) is 0 Å². The van der Waals surface area contributed by atoms with Gasteiger partial charge in [-0.05, 0) is 6.42 Å². The molecule has 0 rings (SSSR count). The van der Waals surface area contributed by atoms with E-state index in [2.05, 4.69) is 11.9 Å². The van der Waals surface area contributed by atoms with Crippen molar-refractivity contribution < 1.29 is 24.2 Å². The molecular weight excluding hydrogens is 252 g/mol. The van der Waals surface area contributed by atoms with Crippen LogP contribution < -0.4 is 5.32 Å². The molecule has 0 aliphatic heterocycles. The summed E-state index contributed by atoms with van der Waals surface area (Å²) in [4.78, 5) is 24.3. The Morgan fingerprint density at radius 1 is 1.32 bits per heavy atom. The molecule has 0 aliphatic carbocycles. The smallest absolute Gasteiger partial charge is 0.326 e. The molecule has 0 saturated heterocycles. The quantitative estimate of drug-likeness (QED) is 0.560. The van der Waals surface area contributed by atoms with E-state index in [4.69, 9.17) is 14.6 Å². The van der Waals surface area contributed by atoms with Gasteiger partial charge in [0.05, 0.1) is 13.2 Å². The number of methoxy groups -OCH3 is 2. The number of hydrogen-bond donors (Lipinski definition) is 2. The minimum absolute atomic E-state index is 0.170. The molecule has 0 spiro atoms. The number of amides is 2. The Balaban J connectivity index is 4.48. The van der Waals surface area contributed by atoms with Gasteiger partial charge in [-0.15, -0.1) is 6.58 Å². The van der Waals surface area contributed by atoms with Gasteiger partial charge in [0, 0.05) is 27.3 Å². The van der Waals surface area contributed by atoms with Crippen molar-refractivity contribution >= 4 is 12.0 Å². The van der Waals surface area contributed by atoms with Crippen molar-refractivity contribution in [2.75, 3.05) is 40.5 Å². The summed E-state index contributed by atoms with van der Waals surface area (Å²) in [5.74, 6) is -1.09. The molecular formula is C12H22N2O5. The van der Waals surface area contributed by atoms with Gasteiger partial charge in [0.15, 0.2) is 0 Å². The zero-order valence-corrected chi connectivity index (χ0v) is 11.4. The fourth-order valence-corrected chi connectivity index (χ4v) is 1.35. The van der Waals surface area contributed by atoms with E-state index < -0.39 is 18.0 Å². The molecule has 7 heteroatoms. The van der Waals surface area contributed by atoms with Gasteiger partial charge in [-0.25, -0.2) is 9.59 Å². The van der Waals surface area contributed by atoms with E-state index in [9.17, 15) is 9.59 Å². The third-order valence-electron chi connectivity index (χ3n) is 2.42. The lowest BCUT2D eigenvalue weighted by atomic mass is 10.2. The maximum Gasteiger partial charge on any atom is 0.326 e. The fourth-order valence-electron chi connectivity index (χ4n) is 1.35. The highest BCUT2D eigenvalue weighted by atomic mass is 16.5. The lowest BCUT2D eigenvalue weighted by molar-refractivity contribution is -0.139. The van der Waals surface area contributed by atoms with Crippen molar-refractivity contribution in [3.8, 4) is 0 Å². The number of rotatable bonds is 10. The number of nitrogens with one attached hydrogen (secondary N) is 1. The van der Waals surface area contributed by atoms with Crippen LogP contribution in [0, 0.1) is 0 Å². The summed E-state index contributed by atoms with van der Waals surface area (Å²) in [6.07, 6.45) is 1.62. The molecule has 0 aromatic heterocycles. The molecule has 0 bridgehead atoms. The largest absolute Gasteiger partial charge is 0.480 e. The van der Waals surface area contributed by atoms with Crippen LogP contribution in [0.1, 0.15) is 6.42 Å². The molecule has 0 radical (unpaired) electrons. The van der Waals surface area contributed by atoms with Crippen molar-refractivity contribution in [1.82, 2.24) is 10.2 Å². The van der Waals surface area contributed by atoms with Crippen molar-refractivity contribution in [2.24, 2.45) is 0 Å². The monoisotopic (exact) mass is 274 g/mol. The van der Waals surface area contributed by atoms with E-state index in [0.29, 0.717) is 26.3 Å². The fraction of sp³-hybridized carbons (Fsp3) is 0.667. The number of ether oxygens (including phenoxy) is 2. The van der Waals surface area contributed by atoms with Crippen molar-refractivity contribution in [3.63, 3.8) is 0 Å². The summed E-state index contributed by atoms with van der Waals surface area (Å²) >= 11 is 0. The first-order valence-electron chi connectivity index (χ1n) is 5.93. The summed E-state index contributed by atoms with van der Waals surface area (Å²) in [6.45, 7) is 4.94. The van der Waals surface area contributed by atoms with Crippen LogP contribution >= 0.6 is 0 Å². The second-order valence-corrected chi connectivity index (χ2v) is 3.84. The first-order chi connectivity index (χ1) is 9.06. The number of nitrogens with zero attached hydrogens (tertiary/aromatic N) is 1. The van der Waals surface area contributed by atoms with E-state index in [-0.39, 0.29) is 6.42 Å². The van der Waals surface area contributed by atoms with Gasteiger partial charge in [-0.2, -0.15) is 0 Å². The topological polar surface area (TPSA) is 88.1 Å². The second-order valence-electron chi connectivity index (χ2n) is 3.84. The summed E-state index contributed by atoms with van der Waals surface area (Å²) in [7, 11) is 3.06. The zero-order chi connectivity index (χ0) is 14.7. The van der Waals surface area contributed by atoms with Crippen LogP contribution in [0.15, 0.2) is 12.7 Å².